The molecule has 0 fully saturated rings. The molecule has 1 N–H and O–H groups in total. The summed E-state index contributed by atoms with van der Waals surface area (Å²) in [7, 11) is 0. The van der Waals surface area contributed by atoms with Crippen molar-refractivity contribution in [1.82, 2.24) is 9.78 Å². The van der Waals surface area contributed by atoms with E-state index in [0.29, 0.717) is 5.69 Å². The van der Waals surface area contributed by atoms with Crippen LogP contribution < -0.4 is 15.8 Å². The number of nitrogens with zero attached hydrogens (tertiary/aromatic N) is 3. The van der Waals surface area contributed by atoms with Crippen LogP contribution in [-0.4, -0.2) is 27.6 Å². The number of amides is 2. The van der Waals surface area contributed by atoms with Gasteiger partial charge in [0.05, 0.1) is 0 Å². The highest BCUT2D eigenvalue weighted by Gasteiger charge is 2.32. The number of hydrogen-bond donors (Lipinski definition) is 1. The third kappa shape index (κ3) is 3.87. The van der Waals surface area contributed by atoms with Crippen LogP contribution in [0.15, 0.2) is 65.5 Å². The van der Waals surface area contributed by atoms with E-state index in [1.807, 2.05) is 56.3 Å². The van der Waals surface area contributed by atoms with Crippen molar-refractivity contribution in [1.29, 1.82) is 0 Å². The molecule has 0 unspecified atom stereocenters. The van der Waals surface area contributed by atoms with Crippen molar-refractivity contribution in [3.63, 3.8) is 0 Å². The number of aromatic nitrogens is 2. The molecule has 152 valence electrons. The predicted octanol–water partition coefficient (Wildman–Crippen LogP) is 2.78. The fourth-order valence-electron chi connectivity index (χ4n) is 3.73. The van der Waals surface area contributed by atoms with Crippen LogP contribution in [0.3, 0.4) is 0 Å². The lowest BCUT2D eigenvalue weighted by atomic mass is 10.1. The molecule has 2 heterocycles. The molecule has 0 spiro atoms. The van der Waals surface area contributed by atoms with Gasteiger partial charge in [0.1, 0.15) is 12.2 Å². The monoisotopic (exact) mass is 402 g/mol. The maximum absolute atomic E-state index is 13.1. The van der Waals surface area contributed by atoms with Crippen LogP contribution in [0.1, 0.15) is 28.5 Å². The largest absolute Gasteiger partial charge is 0.324 e. The zero-order chi connectivity index (χ0) is 21.3. The molecule has 0 radical (unpaired) electrons. The van der Waals surface area contributed by atoms with Crippen molar-refractivity contribution in [3.05, 3.63) is 87.8 Å². The second kappa shape index (κ2) is 7.94. The Morgan fingerprint density at radius 1 is 1.10 bits per heavy atom. The lowest BCUT2D eigenvalue weighted by Crippen LogP contribution is -2.38. The molecule has 3 aromatic rings. The second-order valence-corrected chi connectivity index (χ2v) is 7.49. The van der Waals surface area contributed by atoms with E-state index >= 15 is 0 Å². The Bertz CT molecular complexity index is 1180. The quantitative estimate of drug-likeness (QED) is 0.727. The van der Waals surface area contributed by atoms with Crippen molar-refractivity contribution < 1.29 is 9.59 Å². The SMILES string of the molecule is Cc1cccc(NC(=O)Cn2nc(C(=O)N3c4ccccc4C[C@@H]3C)ccc2=O)c1. The number of rotatable bonds is 4. The molecular formula is C23H22N4O3. The molecule has 1 atom stereocenters. The summed E-state index contributed by atoms with van der Waals surface area (Å²) < 4.78 is 1.02. The summed E-state index contributed by atoms with van der Waals surface area (Å²) >= 11 is 0. The van der Waals surface area contributed by atoms with E-state index in [2.05, 4.69) is 10.4 Å². The Morgan fingerprint density at radius 3 is 2.70 bits per heavy atom. The van der Waals surface area contributed by atoms with Crippen molar-refractivity contribution in [2.24, 2.45) is 0 Å². The van der Waals surface area contributed by atoms with E-state index in [-0.39, 0.29) is 30.1 Å². The van der Waals surface area contributed by atoms with Gasteiger partial charge in [-0.15, -0.1) is 0 Å². The van der Waals surface area contributed by atoms with Crippen LogP contribution in [0.25, 0.3) is 0 Å². The van der Waals surface area contributed by atoms with Gasteiger partial charge >= 0.3 is 0 Å². The van der Waals surface area contributed by atoms with Gasteiger partial charge in [-0.3, -0.25) is 14.4 Å². The van der Waals surface area contributed by atoms with E-state index in [1.165, 1.54) is 12.1 Å². The molecule has 30 heavy (non-hydrogen) atoms. The Kier molecular flexibility index (Phi) is 5.18. The molecule has 1 aliphatic rings. The normalized spacial score (nSPS) is 15.0. The number of anilines is 2. The molecule has 0 saturated heterocycles. The summed E-state index contributed by atoms with van der Waals surface area (Å²) in [6, 6.07) is 17.8. The predicted molar refractivity (Wildman–Crippen MR) is 115 cm³/mol. The molecule has 2 amide bonds. The number of fused-ring (bicyclic) bond motifs is 1. The molecule has 2 aromatic carbocycles. The number of para-hydroxylation sites is 1. The molecule has 4 rings (SSSR count). The Labute approximate surface area is 174 Å². The van der Waals surface area contributed by atoms with Crippen LogP contribution in [0.2, 0.25) is 0 Å². The van der Waals surface area contributed by atoms with Crippen LogP contribution in [-0.2, 0) is 17.8 Å². The topological polar surface area (TPSA) is 84.3 Å². The van der Waals surface area contributed by atoms with Crippen molar-refractivity contribution in [3.8, 4) is 0 Å². The van der Waals surface area contributed by atoms with Crippen molar-refractivity contribution in [2.45, 2.75) is 32.9 Å². The molecule has 7 heteroatoms. The van der Waals surface area contributed by atoms with E-state index in [9.17, 15) is 14.4 Å². The van der Waals surface area contributed by atoms with E-state index < -0.39 is 5.56 Å². The summed E-state index contributed by atoms with van der Waals surface area (Å²) in [6.45, 7) is 3.62. The highest BCUT2D eigenvalue weighted by atomic mass is 16.2. The molecule has 0 saturated carbocycles. The summed E-state index contributed by atoms with van der Waals surface area (Å²) in [6.07, 6.45) is 0.764. The van der Waals surface area contributed by atoms with Gasteiger partial charge < -0.3 is 10.2 Å². The lowest BCUT2D eigenvalue weighted by Gasteiger charge is -2.22. The third-order valence-electron chi connectivity index (χ3n) is 5.11. The van der Waals surface area contributed by atoms with Crippen LogP contribution >= 0.6 is 0 Å². The minimum absolute atomic E-state index is 0.0123. The first-order valence-electron chi connectivity index (χ1n) is 9.78. The third-order valence-corrected chi connectivity index (χ3v) is 5.11. The summed E-state index contributed by atoms with van der Waals surface area (Å²) in [5, 5.41) is 6.92. The van der Waals surface area contributed by atoms with Gasteiger partial charge in [0.25, 0.3) is 11.5 Å². The zero-order valence-corrected chi connectivity index (χ0v) is 16.8. The minimum Gasteiger partial charge on any atom is -0.324 e. The average molecular weight is 402 g/mol. The highest BCUT2D eigenvalue weighted by molar-refractivity contribution is 6.06. The van der Waals surface area contributed by atoms with Gasteiger partial charge in [0.2, 0.25) is 5.91 Å². The smallest absolute Gasteiger partial charge is 0.278 e. The standard InChI is InChI=1S/C23H22N4O3/c1-15-6-5-8-18(12-15)24-21(28)14-26-22(29)11-10-19(25-26)23(30)27-16(2)13-17-7-3-4-9-20(17)27/h3-12,16H,13-14H2,1-2H3,(H,24,28)/t16-/m0/s1. The summed E-state index contributed by atoms with van der Waals surface area (Å²) in [5.41, 5.74) is 3.29. The van der Waals surface area contributed by atoms with Crippen LogP contribution in [0.4, 0.5) is 11.4 Å². The fourth-order valence-corrected chi connectivity index (χ4v) is 3.73. The zero-order valence-electron chi connectivity index (χ0n) is 16.8. The molecule has 1 aliphatic heterocycles. The highest BCUT2D eigenvalue weighted by Crippen LogP contribution is 2.32. The van der Waals surface area contributed by atoms with Gasteiger partial charge in [-0.25, -0.2) is 4.68 Å². The summed E-state index contributed by atoms with van der Waals surface area (Å²) in [5.74, 6) is -0.681. The van der Waals surface area contributed by atoms with Gasteiger partial charge in [-0.2, -0.15) is 5.10 Å². The first-order valence-corrected chi connectivity index (χ1v) is 9.78. The average Bonchev–Trinajstić information content (AvgIpc) is 3.04. The maximum Gasteiger partial charge on any atom is 0.278 e. The number of hydrogen-bond acceptors (Lipinski definition) is 4. The number of carbonyl (C=O) groups is 2. The number of nitrogens with one attached hydrogen (secondary N) is 1. The number of aryl methyl sites for hydroxylation is 1. The fraction of sp³-hybridized carbons (Fsp3) is 0.217. The van der Waals surface area contributed by atoms with Gasteiger partial charge in [-0.05, 0) is 55.7 Å². The Balaban J connectivity index is 1.55. The van der Waals surface area contributed by atoms with Crippen LogP contribution in [0, 0.1) is 6.92 Å². The summed E-state index contributed by atoms with van der Waals surface area (Å²) in [4.78, 5) is 39.4. The van der Waals surface area contributed by atoms with Gasteiger partial charge in [0, 0.05) is 23.5 Å². The Morgan fingerprint density at radius 2 is 1.90 bits per heavy atom. The van der Waals surface area contributed by atoms with E-state index in [0.717, 1.165) is 27.9 Å². The minimum atomic E-state index is -0.444. The second-order valence-electron chi connectivity index (χ2n) is 7.49. The molecular weight excluding hydrogens is 380 g/mol. The molecule has 0 bridgehead atoms. The molecule has 0 aliphatic carbocycles. The van der Waals surface area contributed by atoms with Crippen molar-refractivity contribution >= 4 is 23.2 Å². The number of benzene rings is 2. The van der Waals surface area contributed by atoms with Gasteiger partial charge in [0.15, 0.2) is 0 Å². The van der Waals surface area contributed by atoms with E-state index in [1.54, 1.807) is 11.0 Å². The van der Waals surface area contributed by atoms with Crippen molar-refractivity contribution in [2.75, 3.05) is 10.2 Å². The molecule has 7 nitrogen and oxygen atoms in total. The Hall–Kier alpha value is -3.74. The lowest BCUT2D eigenvalue weighted by molar-refractivity contribution is -0.117. The van der Waals surface area contributed by atoms with Crippen LogP contribution in [0.5, 0.6) is 0 Å². The maximum atomic E-state index is 13.1. The van der Waals surface area contributed by atoms with Gasteiger partial charge in [-0.1, -0.05) is 30.3 Å². The first kappa shape index (κ1) is 19.6. The van der Waals surface area contributed by atoms with E-state index in [4.69, 9.17) is 0 Å². The molecule has 1 aromatic heterocycles. The number of carbonyl (C=O) groups excluding carboxylic acids is 2. The first-order chi connectivity index (χ1) is 14.4.